The van der Waals surface area contributed by atoms with Crippen molar-refractivity contribution in [1.82, 2.24) is 4.90 Å². The molecule has 0 N–H and O–H groups in total. The normalized spacial score (nSPS) is 20.3. The highest BCUT2D eigenvalue weighted by Gasteiger charge is 2.22. The molecule has 1 atom stereocenters. The van der Waals surface area contributed by atoms with E-state index in [2.05, 4.69) is 49.0 Å². The van der Waals surface area contributed by atoms with E-state index in [9.17, 15) is 0 Å². The largest absolute Gasteiger partial charge is 0.373 e. The van der Waals surface area contributed by atoms with Gasteiger partial charge in [0, 0.05) is 31.2 Å². The maximum Gasteiger partial charge on any atom is 0.0476 e. The van der Waals surface area contributed by atoms with E-state index < -0.39 is 0 Å². The van der Waals surface area contributed by atoms with Crippen molar-refractivity contribution in [2.24, 2.45) is 0 Å². The smallest absolute Gasteiger partial charge is 0.0476 e. The van der Waals surface area contributed by atoms with Crippen LogP contribution in [0.2, 0.25) is 0 Å². The Labute approximate surface area is 116 Å². The molecule has 0 aliphatic carbocycles. The Balaban J connectivity index is 2.04. The third-order valence-electron chi connectivity index (χ3n) is 4.07. The molecular formula is C15H23ClN2. The van der Waals surface area contributed by atoms with Crippen molar-refractivity contribution in [2.75, 3.05) is 32.1 Å². The van der Waals surface area contributed by atoms with Gasteiger partial charge in [0.05, 0.1) is 0 Å². The monoisotopic (exact) mass is 266 g/mol. The molecule has 0 bridgehead atoms. The molecule has 0 aromatic heterocycles. The SMILES string of the molecule is Cc1cc(N(C)CC2CCCN2C)ccc1CCl. The number of halogens is 1. The number of rotatable bonds is 4. The molecule has 2 rings (SSSR count). The second-order valence-corrected chi connectivity index (χ2v) is 5.67. The lowest BCUT2D eigenvalue weighted by atomic mass is 10.1. The minimum Gasteiger partial charge on any atom is -0.373 e. The average Bonchev–Trinajstić information content (AvgIpc) is 2.75. The lowest BCUT2D eigenvalue weighted by Gasteiger charge is -2.27. The highest BCUT2D eigenvalue weighted by atomic mass is 35.5. The van der Waals surface area contributed by atoms with Crippen molar-refractivity contribution >= 4 is 17.3 Å². The standard InChI is InChI=1S/C15H23ClN2/c1-12-9-14(7-6-13(12)10-16)18(3)11-15-5-4-8-17(15)2/h6-7,9,15H,4-5,8,10-11H2,1-3H3. The molecular weight excluding hydrogens is 244 g/mol. The van der Waals surface area contributed by atoms with Crippen LogP contribution in [0.4, 0.5) is 5.69 Å². The Morgan fingerprint density at radius 1 is 1.44 bits per heavy atom. The number of nitrogens with zero attached hydrogens (tertiary/aromatic N) is 2. The Morgan fingerprint density at radius 2 is 2.22 bits per heavy atom. The molecule has 0 radical (unpaired) electrons. The number of likely N-dealkylation sites (N-methyl/N-ethyl adjacent to an activating group) is 2. The van der Waals surface area contributed by atoms with E-state index in [0.717, 1.165) is 6.54 Å². The van der Waals surface area contributed by atoms with Gasteiger partial charge in [-0.1, -0.05) is 6.07 Å². The average molecular weight is 267 g/mol. The minimum atomic E-state index is 0.598. The summed E-state index contributed by atoms with van der Waals surface area (Å²) in [5.41, 5.74) is 3.81. The highest BCUT2D eigenvalue weighted by Crippen LogP contribution is 2.22. The first kappa shape index (κ1) is 13.7. The second kappa shape index (κ2) is 5.94. The van der Waals surface area contributed by atoms with Gasteiger partial charge in [0.1, 0.15) is 0 Å². The summed E-state index contributed by atoms with van der Waals surface area (Å²) < 4.78 is 0. The summed E-state index contributed by atoms with van der Waals surface area (Å²) in [5, 5.41) is 0. The van der Waals surface area contributed by atoms with Gasteiger partial charge in [-0.25, -0.2) is 0 Å². The van der Waals surface area contributed by atoms with E-state index in [1.807, 2.05) is 0 Å². The number of benzene rings is 1. The molecule has 2 nitrogen and oxygen atoms in total. The van der Waals surface area contributed by atoms with Crippen molar-refractivity contribution < 1.29 is 0 Å². The molecule has 3 heteroatoms. The fourth-order valence-corrected chi connectivity index (χ4v) is 3.00. The molecule has 0 spiro atoms. The molecule has 0 amide bonds. The quantitative estimate of drug-likeness (QED) is 0.772. The summed E-state index contributed by atoms with van der Waals surface area (Å²) in [5.74, 6) is 0.598. The van der Waals surface area contributed by atoms with E-state index in [-0.39, 0.29) is 0 Å². The molecule has 1 aliphatic heterocycles. The summed E-state index contributed by atoms with van der Waals surface area (Å²) in [4.78, 5) is 4.83. The number of aryl methyl sites for hydroxylation is 1. The van der Waals surface area contributed by atoms with Gasteiger partial charge in [-0.05, 0) is 56.6 Å². The van der Waals surface area contributed by atoms with Crippen LogP contribution in [-0.4, -0.2) is 38.1 Å². The fourth-order valence-electron chi connectivity index (χ4n) is 2.70. The van der Waals surface area contributed by atoms with Gasteiger partial charge < -0.3 is 9.80 Å². The third-order valence-corrected chi connectivity index (χ3v) is 4.35. The van der Waals surface area contributed by atoms with Gasteiger partial charge in [0.2, 0.25) is 0 Å². The molecule has 0 saturated carbocycles. The van der Waals surface area contributed by atoms with Crippen LogP contribution < -0.4 is 4.90 Å². The van der Waals surface area contributed by atoms with Gasteiger partial charge in [-0.15, -0.1) is 11.6 Å². The maximum atomic E-state index is 5.90. The van der Waals surface area contributed by atoms with Crippen LogP contribution >= 0.6 is 11.6 Å². The zero-order valence-corrected chi connectivity index (χ0v) is 12.4. The van der Waals surface area contributed by atoms with E-state index in [0.29, 0.717) is 11.9 Å². The van der Waals surface area contributed by atoms with Crippen molar-refractivity contribution in [3.05, 3.63) is 29.3 Å². The van der Waals surface area contributed by atoms with Crippen molar-refractivity contribution in [3.8, 4) is 0 Å². The van der Waals surface area contributed by atoms with Crippen LogP contribution in [0.15, 0.2) is 18.2 Å². The Hall–Kier alpha value is -0.730. The van der Waals surface area contributed by atoms with Crippen LogP contribution in [0.5, 0.6) is 0 Å². The molecule has 1 aromatic rings. The Morgan fingerprint density at radius 3 is 2.78 bits per heavy atom. The molecule has 1 saturated heterocycles. The summed E-state index contributed by atoms with van der Waals surface area (Å²) in [6, 6.07) is 7.27. The summed E-state index contributed by atoms with van der Waals surface area (Å²) >= 11 is 5.90. The van der Waals surface area contributed by atoms with Crippen molar-refractivity contribution in [3.63, 3.8) is 0 Å². The number of alkyl halides is 1. The topological polar surface area (TPSA) is 6.48 Å². The minimum absolute atomic E-state index is 0.598. The van der Waals surface area contributed by atoms with Crippen LogP contribution in [0.3, 0.4) is 0 Å². The molecule has 1 aliphatic rings. The first-order valence-electron chi connectivity index (χ1n) is 6.68. The van der Waals surface area contributed by atoms with Crippen LogP contribution in [0.1, 0.15) is 24.0 Å². The van der Waals surface area contributed by atoms with Gasteiger partial charge in [-0.2, -0.15) is 0 Å². The number of hydrogen-bond donors (Lipinski definition) is 0. The highest BCUT2D eigenvalue weighted by molar-refractivity contribution is 6.17. The van der Waals surface area contributed by atoms with E-state index in [1.165, 1.54) is 36.2 Å². The molecule has 1 heterocycles. The lowest BCUT2D eigenvalue weighted by Crippen LogP contribution is -2.36. The predicted octanol–water partition coefficient (Wildman–Crippen LogP) is 3.26. The fraction of sp³-hybridized carbons (Fsp3) is 0.600. The van der Waals surface area contributed by atoms with E-state index in [4.69, 9.17) is 11.6 Å². The van der Waals surface area contributed by atoms with Gasteiger partial charge in [0.15, 0.2) is 0 Å². The first-order valence-corrected chi connectivity index (χ1v) is 7.22. The van der Waals surface area contributed by atoms with Gasteiger partial charge in [-0.3, -0.25) is 0 Å². The Kier molecular flexibility index (Phi) is 4.52. The zero-order valence-electron chi connectivity index (χ0n) is 11.6. The third kappa shape index (κ3) is 2.99. The lowest BCUT2D eigenvalue weighted by molar-refractivity contribution is 0.314. The molecule has 1 fully saturated rings. The predicted molar refractivity (Wildman–Crippen MR) is 79.7 cm³/mol. The summed E-state index contributed by atoms with van der Waals surface area (Å²) in [6.07, 6.45) is 2.65. The van der Waals surface area contributed by atoms with Gasteiger partial charge in [0.25, 0.3) is 0 Å². The van der Waals surface area contributed by atoms with Crippen molar-refractivity contribution in [1.29, 1.82) is 0 Å². The second-order valence-electron chi connectivity index (χ2n) is 5.40. The summed E-state index contributed by atoms with van der Waals surface area (Å²) in [7, 11) is 4.41. The number of anilines is 1. The molecule has 18 heavy (non-hydrogen) atoms. The van der Waals surface area contributed by atoms with Crippen LogP contribution in [0.25, 0.3) is 0 Å². The summed E-state index contributed by atoms with van der Waals surface area (Å²) in [6.45, 7) is 4.48. The molecule has 100 valence electrons. The van der Waals surface area contributed by atoms with Gasteiger partial charge >= 0.3 is 0 Å². The van der Waals surface area contributed by atoms with E-state index >= 15 is 0 Å². The molecule has 1 unspecified atom stereocenters. The first-order chi connectivity index (χ1) is 8.61. The molecule has 1 aromatic carbocycles. The number of likely N-dealkylation sites (tertiary alicyclic amines) is 1. The van der Waals surface area contributed by atoms with E-state index in [1.54, 1.807) is 0 Å². The van der Waals surface area contributed by atoms with Crippen LogP contribution in [0, 0.1) is 6.92 Å². The number of hydrogen-bond acceptors (Lipinski definition) is 2. The zero-order chi connectivity index (χ0) is 13.1. The Bertz CT molecular complexity index is 405. The van der Waals surface area contributed by atoms with Crippen molar-refractivity contribution in [2.45, 2.75) is 31.7 Å². The maximum absolute atomic E-state index is 5.90. The van der Waals surface area contributed by atoms with Crippen LogP contribution in [-0.2, 0) is 5.88 Å².